The van der Waals surface area contributed by atoms with E-state index in [0.717, 1.165) is 17.9 Å². The second kappa shape index (κ2) is 7.33. The Bertz CT molecular complexity index is 577. The molecule has 21 heavy (non-hydrogen) atoms. The Labute approximate surface area is 125 Å². The van der Waals surface area contributed by atoms with Crippen LogP contribution in [-0.2, 0) is 6.42 Å². The molecule has 110 valence electrons. The van der Waals surface area contributed by atoms with Crippen LogP contribution < -0.4 is 15.4 Å². The molecule has 0 aliphatic rings. The molecule has 0 spiro atoms. The molecule has 2 aromatic carbocycles. The Hall–Kier alpha value is -2.49. The molecule has 0 saturated heterocycles. The van der Waals surface area contributed by atoms with E-state index in [9.17, 15) is 4.79 Å². The third-order valence-electron chi connectivity index (χ3n) is 3.29. The summed E-state index contributed by atoms with van der Waals surface area (Å²) >= 11 is 0. The summed E-state index contributed by atoms with van der Waals surface area (Å²) in [6.07, 6.45) is 0.796. The predicted octanol–water partition coefficient (Wildman–Crippen LogP) is 2.71. The third-order valence-corrected chi connectivity index (χ3v) is 3.29. The van der Waals surface area contributed by atoms with Crippen molar-refractivity contribution in [3.63, 3.8) is 0 Å². The van der Waals surface area contributed by atoms with Crippen molar-refractivity contribution in [1.29, 1.82) is 0 Å². The zero-order valence-electron chi connectivity index (χ0n) is 12.3. The van der Waals surface area contributed by atoms with Crippen LogP contribution in [0, 0.1) is 0 Å². The first-order valence-electron chi connectivity index (χ1n) is 6.92. The fraction of sp³-hybridized carbons (Fsp3) is 0.235. The van der Waals surface area contributed by atoms with Crippen LogP contribution in [0.1, 0.15) is 15.9 Å². The van der Waals surface area contributed by atoms with E-state index in [1.807, 2.05) is 55.6 Å². The molecule has 4 heteroatoms. The van der Waals surface area contributed by atoms with Gasteiger partial charge < -0.3 is 15.4 Å². The van der Waals surface area contributed by atoms with Gasteiger partial charge in [0.2, 0.25) is 0 Å². The molecule has 2 rings (SSSR count). The highest BCUT2D eigenvalue weighted by molar-refractivity contribution is 5.94. The van der Waals surface area contributed by atoms with Crippen molar-refractivity contribution < 1.29 is 9.53 Å². The lowest BCUT2D eigenvalue weighted by atomic mass is 10.1. The standard InChI is InChI=1S/C17H20N2O2/c1-18-15-7-5-14(6-8-15)17(20)19-12-11-13-3-9-16(21-2)10-4-13/h3-10,18H,11-12H2,1-2H3,(H,19,20). The number of amides is 1. The molecule has 0 aliphatic carbocycles. The van der Waals surface area contributed by atoms with Gasteiger partial charge in [-0.05, 0) is 48.4 Å². The van der Waals surface area contributed by atoms with Gasteiger partial charge in [-0.15, -0.1) is 0 Å². The molecule has 0 fully saturated rings. The predicted molar refractivity (Wildman–Crippen MR) is 85.0 cm³/mol. The van der Waals surface area contributed by atoms with Crippen molar-refractivity contribution in [2.24, 2.45) is 0 Å². The molecular weight excluding hydrogens is 264 g/mol. The molecule has 1 amide bonds. The summed E-state index contributed by atoms with van der Waals surface area (Å²) in [7, 11) is 3.50. The lowest BCUT2D eigenvalue weighted by molar-refractivity contribution is 0.0954. The number of nitrogens with one attached hydrogen (secondary N) is 2. The minimum absolute atomic E-state index is 0.0498. The second-order valence-corrected chi connectivity index (χ2v) is 4.68. The molecular formula is C17H20N2O2. The molecule has 0 saturated carbocycles. The first-order valence-corrected chi connectivity index (χ1v) is 6.92. The summed E-state index contributed by atoms with van der Waals surface area (Å²) in [5.41, 5.74) is 2.83. The Kier molecular flexibility index (Phi) is 5.21. The largest absolute Gasteiger partial charge is 0.497 e. The minimum atomic E-state index is -0.0498. The molecule has 0 atom stereocenters. The molecule has 0 aromatic heterocycles. The van der Waals surface area contributed by atoms with Gasteiger partial charge in [0.25, 0.3) is 5.91 Å². The first kappa shape index (κ1) is 14.9. The van der Waals surface area contributed by atoms with Crippen molar-refractivity contribution in [3.05, 3.63) is 59.7 Å². The van der Waals surface area contributed by atoms with Gasteiger partial charge in [0, 0.05) is 24.8 Å². The summed E-state index contributed by atoms with van der Waals surface area (Å²) in [5.74, 6) is 0.790. The molecule has 0 bridgehead atoms. The van der Waals surface area contributed by atoms with Crippen LogP contribution in [0.5, 0.6) is 5.75 Å². The summed E-state index contributed by atoms with van der Waals surface area (Å²) in [5, 5.41) is 5.95. The highest BCUT2D eigenvalue weighted by atomic mass is 16.5. The monoisotopic (exact) mass is 284 g/mol. The highest BCUT2D eigenvalue weighted by Crippen LogP contribution is 2.11. The molecule has 4 nitrogen and oxygen atoms in total. The summed E-state index contributed by atoms with van der Waals surface area (Å²) in [4.78, 5) is 12.0. The number of carbonyl (C=O) groups is 1. The first-order chi connectivity index (χ1) is 10.2. The smallest absolute Gasteiger partial charge is 0.251 e. The Morgan fingerprint density at radius 2 is 1.71 bits per heavy atom. The highest BCUT2D eigenvalue weighted by Gasteiger charge is 2.04. The van der Waals surface area contributed by atoms with Gasteiger partial charge in [0.15, 0.2) is 0 Å². The van der Waals surface area contributed by atoms with Crippen LogP contribution in [0.2, 0.25) is 0 Å². The van der Waals surface area contributed by atoms with Crippen molar-refractivity contribution >= 4 is 11.6 Å². The van der Waals surface area contributed by atoms with E-state index >= 15 is 0 Å². The van der Waals surface area contributed by atoms with Gasteiger partial charge in [-0.3, -0.25) is 4.79 Å². The van der Waals surface area contributed by atoms with Gasteiger partial charge in [0.1, 0.15) is 5.75 Å². The average molecular weight is 284 g/mol. The van der Waals surface area contributed by atoms with E-state index < -0.39 is 0 Å². The van der Waals surface area contributed by atoms with Crippen molar-refractivity contribution in [2.75, 3.05) is 26.0 Å². The molecule has 0 unspecified atom stereocenters. The number of methoxy groups -OCH3 is 1. The van der Waals surface area contributed by atoms with Crippen LogP contribution >= 0.6 is 0 Å². The zero-order chi connectivity index (χ0) is 15.1. The van der Waals surface area contributed by atoms with Crippen molar-refractivity contribution in [1.82, 2.24) is 5.32 Å². The number of hydrogen-bond donors (Lipinski definition) is 2. The van der Waals surface area contributed by atoms with E-state index in [1.54, 1.807) is 7.11 Å². The quantitative estimate of drug-likeness (QED) is 0.857. The number of hydrogen-bond acceptors (Lipinski definition) is 3. The van der Waals surface area contributed by atoms with Crippen molar-refractivity contribution in [2.45, 2.75) is 6.42 Å². The number of carbonyl (C=O) groups excluding carboxylic acids is 1. The number of anilines is 1. The molecule has 0 radical (unpaired) electrons. The zero-order valence-corrected chi connectivity index (χ0v) is 12.3. The average Bonchev–Trinajstić information content (AvgIpc) is 2.55. The van der Waals surface area contributed by atoms with Gasteiger partial charge >= 0.3 is 0 Å². The molecule has 0 heterocycles. The van der Waals surface area contributed by atoms with E-state index in [4.69, 9.17) is 4.74 Å². The van der Waals surface area contributed by atoms with Gasteiger partial charge in [0.05, 0.1) is 7.11 Å². The summed E-state index contributed by atoms with van der Waals surface area (Å²) in [6.45, 7) is 0.610. The van der Waals surface area contributed by atoms with Gasteiger partial charge in [-0.2, -0.15) is 0 Å². The van der Waals surface area contributed by atoms with Gasteiger partial charge in [-0.1, -0.05) is 12.1 Å². The minimum Gasteiger partial charge on any atom is -0.497 e. The summed E-state index contributed by atoms with van der Waals surface area (Å²) in [6, 6.07) is 15.3. The van der Waals surface area contributed by atoms with E-state index in [1.165, 1.54) is 5.56 Å². The normalized spacial score (nSPS) is 10.0. The third kappa shape index (κ3) is 4.24. The van der Waals surface area contributed by atoms with Crippen LogP contribution in [0.15, 0.2) is 48.5 Å². The summed E-state index contributed by atoms with van der Waals surface area (Å²) < 4.78 is 5.11. The SMILES string of the molecule is CNc1ccc(C(=O)NCCc2ccc(OC)cc2)cc1. The lowest BCUT2D eigenvalue weighted by Crippen LogP contribution is -2.25. The Balaban J connectivity index is 1.82. The van der Waals surface area contributed by atoms with E-state index in [-0.39, 0.29) is 5.91 Å². The van der Waals surface area contributed by atoms with E-state index in [2.05, 4.69) is 10.6 Å². The van der Waals surface area contributed by atoms with Gasteiger partial charge in [-0.25, -0.2) is 0 Å². The second-order valence-electron chi connectivity index (χ2n) is 4.68. The Morgan fingerprint density at radius 3 is 2.29 bits per heavy atom. The fourth-order valence-electron chi connectivity index (χ4n) is 2.00. The van der Waals surface area contributed by atoms with Crippen molar-refractivity contribution in [3.8, 4) is 5.75 Å². The van der Waals surface area contributed by atoms with Crippen LogP contribution in [0.3, 0.4) is 0 Å². The Morgan fingerprint density at radius 1 is 1.05 bits per heavy atom. The van der Waals surface area contributed by atoms with Crippen LogP contribution in [0.25, 0.3) is 0 Å². The number of rotatable bonds is 6. The maximum Gasteiger partial charge on any atom is 0.251 e. The molecule has 2 aromatic rings. The van der Waals surface area contributed by atoms with Crippen LogP contribution in [-0.4, -0.2) is 26.6 Å². The molecule has 2 N–H and O–H groups in total. The number of benzene rings is 2. The number of ether oxygens (including phenoxy) is 1. The maximum absolute atomic E-state index is 12.0. The maximum atomic E-state index is 12.0. The fourth-order valence-corrected chi connectivity index (χ4v) is 2.00. The van der Waals surface area contributed by atoms with Crippen LogP contribution in [0.4, 0.5) is 5.69 Å². The topological polar surface area (TPSA) is 50.4 Å². The molecule has 0 aliphatic heterocycles. The van der Waals surface area contributed by atoms with E-state index in [0.29, 0.717) is 12.1 Å². The lowest BCUT2D eigenvalue weighted by Gasteiger charge is -2.07.